The van der Waals surface area contributed by atoms with E-state index in [2.05, 4.69) is 57.0 Å². The molecule has 0 radical (unpaired) electrons. The molecule has 0 spiro atoms. The highest BCUT2D eigenvalue weighted by Gasteiger charge is 2.32. The molecule has 0 amide bonds. The standard InChI is InChI=1S/C17H28N2/c1-12(2)9-10-19(4)16-11-13(3)14-7-5-6-8-15(14)17(16)18/h5-8,12-13,16-17H,9-11,18H2,1-4H3. The van der Waals surface area contributed by atoms with Gasteiger partial charge in [-0.25, -0.2) is 0 Å². The SMILES string of the molecule is CC(C)CCN(C)C1CC(C)c2ccccc2C1N. The summed E-state index contributed by atoms with van der Waals surface area (Å²) in [5, 5.41) is 0. The summed E-state index contributed by atoms with van der Waals surface area (Å²) < 4.78 is 0. The van der Waals surface area contributed by atoms with Crippen LogP contribution in [0.25, 0.3) is 0 Å². The number of benzene rings is 1. The maximum absolute atomic E-state index is 6.52. The second kappa shape index (κ2) is 6.06. The fourth-order valence-corrected chi connectivity index (χ4v) is 3.19. The topological polar surface area (TPSA) is 29.3 Å². The molecule has 0 aliphatic heterocycles. The van der Waals surface area contributed by atoms with Gasteiger partial charge in [0.25, 0.3) is 0 Å². The van der Waals surface area contributed by atoms with E-state index in [0.717, 1.165) is 12.5 Å². The predicted octanol–water partition coefficient (Wildman–Crippen LogP) is 3.54. The predicted molar refractivity (Wildman–Crippen MR) is 82.3 cm³/mol. The van der Waals surface area contributed by atoms with Gasteiger partial charge in [-0.15, -0.1) is 0 Å². The Morgan fingerprint density at radius 1 is 1.26 bits per heavy atom. The van der Waals surface area contributed by atoms with Crippen LogP contribution in [0.2, 0.25) is 0 Å². The van der Waals surface area contributed by atoms with Gasteiger partial charge >= 0.3 is 0 Å². The van der Waals surface area contributed by atoms with Crippen LogP contribution in [0.3, 0.4) is 0 Å². The lowest BCUT2D eigenvalue weighted by molar-refractivity contribution is 0.174. The molecule has 2 heteroatoms. The van der Waals surface area contributed by atoms with Crippen LogP contribution in [0.15, 0.2) is 24.3 Å². The molecule has 2 rings (SSSR count). The van der Waals surface area contributed by atoms with E-state index in [-0.39, 0.29) is 6.04 Å². The molecular weight excluding hydrogens is 232 g/mol. The number of hydrogen-bond acceptors (Lipinski definition) is 2. The van der Waals surface area contributed by atoms with Crippen LogP contribution in [0.4, 0.5) is 0 Å². The summed E-state index contributed by atoms with van der Waals surface area (Å²) >= 11 is 0. The minimum Gasteiger partial charge on any atom is -0.323 e. The Morgan fingerprint density at radius 3 is 2.53 bits per heavy atom. The zero-order valence-electron chi connectivity index (χ0n) is 12.8. The first-order valence-corrected chi connectivity index (χ1v) is 7.55. The van der Waals surface area contributed by atoms with Crippen LogP contribution in [-0.2, 0) is 0 Å². The molecule has 0 aromatic heterocycles. The molecule has 3 atom stereocenters. The van der Waals surface area contributed by atoms with Gasteiger partial charge in [0, 0.05) is 12.1 Å². The fraction of sp³-hybridized carbons (Fsp3) is 0.647. The summed E-state index contributed by atoms with van der Waals surface area (Å²) in [6, 6.07) is 9.32. The summed E-state index contributed by atoms with van der Waals surface area (Å²) in [5.41, 5.74) is 9.32. The van der Waals surface area contributed by atoms with Crippen molar-refractivity contribution >= 4 is 0 Å². The Labute approximate surface area is 118 Å². The van der Waals surface area contributed by atoms with Crippen LogP contribution in [0, 0.1) is 5.92 Å². The van der Waals surface area contributed by atoms with E-state index in [1.165, 1.54) is 24.0 Å². The van der Waals surface area contributed by atoms with E-state index >= 15 is 0 Å². The van der Waals surface area contributed by atoms with E-state index < -0.39 is 0 Å². The van der Waals surface area contributed by atoms with Crippen molar-refractivity contribution < 1.29 is 0 Å². The van der Waals surface area contributed by atoms with Crippen molar-refractivity contribution in [3.8, 4) is 0 Å². The molecule has 0 bridgehead atoms. The molecule has 1 aliphatic carbocycles. The molecule has 0 saturated heterocycles. The third kappa shape index (κ3) is 3.18. The van der Waals surface area contributed by atoms with Crippen LogP contribution in [0.1, 0.15) is 56.7 Å². The van der Waals surface area contributed by atoms with Crippen LogP contribution >= 0.6 is 0 Å². The number of fused-ring (bicyclic) bond motifs is 1. The quantitative estimate of drug-likeness (QED) is 0.897. The number of rotatable bonds is 4. The van der Waals surface area contributed by atoms with Gasteiger partial charge in [0.1, 0.15) is 0 Å². The Bertz CT molecular complexity index is 413. The van der Waals surface area contributed by atoms with Gasteiger partial charge in [-0.2, -0.15) is 0 Å². The maximum atomic E-state index is 6.52. The van der Waals surface area contributed by atoms with E-state index in [9.17, 15) is 0 Å². The number of nitrogens with zero attached hydrogens (tertiary/aromatic N) is 1. The first-order chi connectivity index (χ1) is 9.00. The van der Waals surface area contributed by atoms with E-state index in [1.54, 1.807) is 0 Å². The van der Waals surface area contributed by atoms with Gasteiger partial charge in [0.2, 0.25) is 0 Å². The second-order valence-electron chi connectivity index (χ2n) is 6.52. The molecule has 1 aromatic carbocycles. The first-order valence-electron chi connectivity index (χ1n) is 7.55. The Morgan fingerprint density at radius 2 is 1.89 bits per heavy atom. The van der Waals surface area contributed by atoms with Crippen molar-refractivity contribution in [3.63, 3.8) is 0 Å². The van der Waals surface area contributed by atoms with E-state index in [4.69, 9.17) is 5.73 Å². The molecule has 19 heavy (non-hydrogen) atoms. The summed E-state index contributed by atoms with van der Waals surface area (Å²) in [4.78, 5) is 2.47. The summed E-state index contributed by atoms with van der Waals surface area (Å²) in [6.45, 7) is 8.04. The molecule has 2 N–H and O–H groups in total. The minimum absolute atomic E-state index is 0.157. The van der Waals surface area contributed by atoms with Crippen LogP contribution in [-0.4, -0.2) is 24.5 Å². The van der Waals surface area contributed by atoms with Gasteiger partial charge in [-0.1, -0.05) is 45.0 Å². The lowest BCUT2D eigenvalue weighted by Gasteiger charge is -2.40. The third-order valence-corrected chi connectivity index (χ3v) is 4.52. The monoisotopic (exact) mass is 260 g/mol. The molecule has 0 heterocycles. The van der Waals surface area contributed by atoms with Gasteiger partial charge in [0.05, 0.1) is 0 Å². The maximum Gasteiger partial charge on any atom is 0.0456 e. The zero-order chi connectivity index (χ0) is 14.0. The lowest BCUT2D eigenvalue weighted by atomic mass is 9.78. The zero-order valence-corrected chi connectivity index (χ0v) is 12.8. The average Bonchev–Trinajstić information content (AvgIpc) is 2.40. The molecule has 3 unspecified atom stereocenters. The molecule has 0 saturated carbocycles. The normalized spacial score (nSPS) is 26.8. The van der Waals surface area contributed by atoms with Crippen molar-refractivity contribution in [2.45, 2.75) is 51.6 Å². The molecule has 1 aromatic rings. The molecule has 2 nitrogen and oxygen atoms in total. The van der Waals surface area contributed by atoms with Gasteiger partial charge < -0.3 is 10.6 Å². The molecule has 1 aliphatic rings. The van der Waals surface area contributed by atoms with E-state index in [1.807, 2.05) is 0 Å². The van der Waals surface area contributed by atoms with Gasteiger partial charge in [0.15, 0.2) is 0 Å². The van der Waals surface area contributed by atoms with E-state index in [0.29, 0.717) is 12.0 Å². The van der Waals surface area contributed by atoms with Crippen molar-refractivity contribution in [2.24, 2.45) is 11.7 Å². The highest BCUT2D eigenvalue weighted by molar-refractivity contribution is 5.36. The highest BCUT2D eigenvalue weighted by Crippen LogP contribution is 2.38. The second-order valence-corrected chi connectivity index (χ2v) is 6.52. The minimum atomic E-state index is 0.157. The smallest absolute Gasteiger partial charge is 0.0456 e. The van der Waals surface area contributed by atoms with Crippen molar-refractivity contribution in [3.05, 3.63) is 35.4 Å². The first kappa shape index (κ1) is 14.5. The van der Waals surface area contributed by atoms with Crippen LogP contribution in [0.5, 0.6) is 0 Å². The van der Waals surface area contributed by atoms with Crippen molar-refractivity contribution in [1.29, 1.82) is 0 Å². The number of hydrogen-bond donors (Lipinski definition) is 1. The van der Waals surface area contributed by atoms with Crippen molar-refractivity contribution in [2.75, 3.05) is 13.6 Å². The summed E-state index contributed by atoms with van der Waals surface area (Å²) in [5.74, 6) is 1.37. The summed E-state index contributed by atoms with van der Waals surface area (Å²) in [7, 11) is 2.23. The molecule has 106 valence electrons. The largest absolute Gasteiger partial charge is 0.323 e. The Hall–Kier alpha value is -0.860. The van der Waals surface area contributed by atoms with Crippen molar-refractivity contribution in [1.82, 2.24) is 4.90 Å². The highest BCUT2D eigenvalue weighted by atomic mass is 15.1. The lowest BCUT2D eigenvalue weighted by Crippen LogP contribution is -2.44. The average molecular weight is 260 g/mol. The third-order valence-electron chi connectivity index (χ3n) is 4.52. The van der Waals surface area contributed by atoms with Gasteiger partial charge in [-0.3, -0.25) is 0 Å². The number of nitrogens with two attached hydrogens (primary N) is 1. The molecule has 0 fully saturated rings. The fourth-order valence-electron chi connectivity index (χ4n) is 3.19. The number of likely N-dealkylation sites (N-methyl/N-ethyl adjacent to an activating group) is 1. The van der Waals surface area contributed by atoms with Crippen LogP contribution < -0.4 is 5.73 Å². The Balaban J connectivity index is 2.13. The molecular formula is C17H28N2. The van der Waals surface area contributed by atoms with Gasteiger partial charge in [-0.05, 0) is 49.4 Å². The summed E-state index contributed by atoms with van der Waals surface area (Å²) in [6.07, 6.45) is 2.42. The Kier molecular flexibility index (Phi) is 4.64.